The maximum absolute atomic E-state index is 8.77. The van der Waals surface area contributed by atoms with Crippen molar-refractivity contribution in [2.24, 2.45) is 0 Å². The third kappa shape index (κ3) is 2.22. The molecule has 1 rings (SSSR count). The molecule has 0 aliphatic heterocycles. The van der Waals surface area contributed by atoms with Crippen LogP contribution in [-0.2, 0) is 6.61 Å². The van der Waals surface area contributed by atoms with Gasteiger partial charge >= 0.3 is 0 Å². The molecule has 1 aromatic rings. The van der Waals surface area contributed by atoms with Gasteiger partial charge in [0.2, 0.25) is 0 Å². The fraction of sp³-hybridized carbons (Fsp3) is 0.250. The highest BCUT2D eigenvalue weighted by molar-refractivity contribution is 5.32. The predicted molar refractivity (Wildman–Crippen MR) is 42.5 cm³/mol. The van der Waals surface area contributed by atoms with Crippen LogP contribution in [0.15, 0.2) is 24.3 Å². The Bertz CT molecular complexity index is 187. The molecular formula is C8H12O3. The van der Waals surface area contributed by atoms with Crippen LogP contribution in [0.5, 0.6) is 5.75 Å². The van der Waals surface area contributed by atoms with E-state index < -0.39 is 0 Å². The van der Waals surface area contributed by atoms with Gasteiger partial charge in [-0.3, -0.25) is 0 Å². The first kappa shape index (κ1) is 9.94. The normalized spacial score (nSPS) is 8.55. The molecule has 1 aromatic carbocycles. The zero-order valence-corrected chi connectivity index (χ0v) is 6.37. The van der Waals surface area contributed by atoms with Crippen molar-refractivity contribution in [1.82, 2.24) is 0 Å². The summed E-state index contributed by atoms with van der Waals surface area (Å²) in [6.07, 6.45) is 0. The Hall–Kier alpha value is -1.06. The first-order chi connectivity index (χ1) is 4.88. The maximum atomic E-state index is 8.77. The Labute approximate surface area is 65.5 Å². The molecule has 0 aliphatic rings. The lowest BCUT2D eigenvalue weighted by atomic mass is 10.2. The van der Waals surface area contributed by atoms with Gasteiger partial charge in [-0.05, 0) is 6.07 Å². The monoisotopic (exact) mass is 156 g/mol. The third-order valence-electron chi connectivity index (χ3n) is 1.36. The van der Waals surface area contributed by atoms with Crippen molar-refractivity contribution in [1.29, 1.82) is 0 Å². The molecule has 3 N–H and O–H groups in total. The Morgan fingerprint density at radius 3 is 2.45 bits per heavy atom. The molecule has 0 aliphatic carbocycles. The van der Waals surface area contributed by atoms with Gasteiger partial charge in [0.05, 0.1) is 13.7 Å². The Kier molecular flexibility index (Phi) is 4.26. The highest BCUT2D eigenvalue weighted by Crippen LogP contribution is 2.16. The Morgan fingerprint density at radius 1 is 1.36 bits per heavy atom. The van der Waals surface area contributed by atoms with Crippen LogP contribution in [-0.4, -0.2) is 17.7 Å². The number of rotatable bonds is 2. The standard InChI is InChI=1S/C8H10O2.H2O/c1-10-8-5-3-2-4-7(8)6-9;/h2-5,9H,6H2,1H3;1H2. The van der Waals surface area contributed by atoms with Crippen LogP contribution in [0.4, 0.5) is 0 Å². The SMILES string of the molecule is COc1ccccc1CO.O. The molecule has 0 spiro atoms. The van der Waals surface area contributed by atoms with Crippen LogP contribution in [0.25, 0.3) is 0 Å². The van der Waals surface area contributed by atoms with Gasteiger partial charge in [0.25, 0.3) is 0 Å². The predicted octanol–water partition coefficient (Wildman–Crippen LogP) is 0.363. The van der Waals surface area contributed by atoms with Crippen molar-refractivity contribution >= 4 is 0 Å². The molecule has 3 heteroatoms. The van der Waals surface area contributed by atoms with Crippen molar-refractivity contribution in [3.05, 3.63) is 29.8 Å². The minimum Gasteiger partial charge on any atom is -0.496 e. The van der Waals surface area contributed by atoms with Crippen LogP contribution < -0.4 is 4.74 Å². The Morgan fingerprint density at radius 2 is 2.00 bits per heavy atom. The van der Waals surface area contributed by atoms with Gasteiger partial charge < -0.3 is 15.3 Å². The first-order valence-corrected chi connectivity index (χ1v) is 3.11. The molecule has 62 valence electrons. The number of hydrogen-bond donors (Lipinski definition) is 1. The number of para-hydroxylation sites is 1. The van der Waals surface area contributed by atoms with Crippen molar-refractivity contribution in [2.75, 3.05) is 7.11 Å². The summed E-state index contributed by atoms with van der Waals surface area (Å²) in [6.45, 7) is 0.0318. The second-order valence-electron chi connectivity index (χ2n) is 1.97. The Balaban J connectivity index is 0.000001000. The summed E-state index contributed by atoms with van der Waals surface area (Å²) in [7, 11) is 1.59. The van der Waals surface area contributed by atoms with E-state index >= 15 is 0 Å². The summed E-state index contributed by atoms with van der Waals surface area (Å²) in [5.74, 6) is 0.741. The highest BCUT2D eigenvalue weighted by Gasteiger charge is 1.96. The second-order valence-corrected chi connectivity index (χ2v) is 1.97. The van der Waals surface area contributed by atoms with Gasteiger partial charge in [0.1, 0.15) is 5.75 Å². The van der Waals surface area contributed by atoms with Crippen LogP contribution in [0.2, 0.25) is 0 Å². The van der Waals surface area contributed by atoms with Crippen molar-refractivity contribution in [3.63, 3.8) is 0 Å². The molecule has 0 atom stereocenters. The van der Waals surface area contributed by atoms with Gasteiger partial charge in [0.15, 0.2) is 0 Å². The third-order valence-corrected chi connectivity index (χ3v) is 1.36. The lowest BCUT2D eigenvalue weighted by molar-refractivity contribution is 0.274. The lowest BCUT2D eigenvalue weighted by Gasteiger charge is -2.03. The summed E-state index contributed by atoms with van der Waals surface area (Å²) in [6, 6.07) is 7.40. The minimum absolute atomic E-state index is 0. The van der Waals surface area contributed by atoms with Gasteiger partial charge in [0, 0.05) is 5.56 Å². The van der Waals surface area contributed by atoms with E-state index in [0.717, 1.165) is 11.3 Å². The van der Waals surface area contributed by atoms with Crippen molar-refractivity contribution < 1.29 is 15.3 Å². The van der Waals surface area contributed by atoms with Crippen LogP contribution in [0.1, 0.15) is 5.56 Å². The van der Waals surface area contributed by atoms with Gasteiger partial charge in [-0.25, -0.2) is 0 Å². The van der Waals surface area contributed by atoms with E-state index in [2.05, 4.69) is 0 Å². The molecular weight excluding hydrogens is 144 g/mol. The number of aliphatic hydroxyl groups is 1. The van der Waals surface area contributed by atoms with Crippen LogP contribution >= 0.6 is 0 Å². The fourth-order valence-electron chi connectivity index (χ4n) is 0.834. The van der Waals surface area contributed by atoms with E-state index in [0.29, 0.717) is 0 Å². The topological polar surface area (TPSA) is 61.0 Å². The molecule has 0 heterocycles. The molecule has 3 nitrogen and oxygen atoms in total. The molecule has 0 bridgehead atoms. The zero-order valence-electron chi connectivity index (χ0n) is 6.37. The van der Waals surface area contributed by atoms with Gasteiger partial charge in [-0.15, -0.1) is 0 Å². The maximum Gasteiger partial charge on any atom is 0.124 e. The zero-order chi connectivity index (χ0) is 7.40. The first-order valence-electron chi connectivity index (χ1n) is 3.11. The van der Waals surface area contributed by atoms with E-state index in [4.69, 9.17) is 9.84 Å². The second kappa shape index (κ2) is 4.71. The number of methoxy groups -OCH3 is 1. The molecule has 0 unspecified atom stereocenters. The smallest absolute Gasteiger partial charge is 0.124 e. The van der Waals surface area contributed by atoms with Gasteiger partial charge in [-0.2, -0.15) is 0 Å². The average molecular weight is 156 g/mol. The molecule has 0 saturated carbocycles. The number of ether oxygens (including phenoxy) is 1. The number of hydrogen-bond acceptors (Lipinski definition) is 2. The molecule has 0 aromatic heterocycles. The van der Waals surface area contributed by atoms with Crippen LogP contribution in [0, 0.1) is 0 Å². The van der Waals surface area contributed by atoms with E-state index in [1.807, 2.05) is 24.3 Å². The summed E-state index contributed by atoms with van der Waals surface area (Å²) in [5, 5.41) is 8.77. The molecule has 11 heavy (non-hydrogen) atoms. The molecule has 0 saturated heterocycles. The van der Waals surface area contributed by atoms with Crippen LogP contribution in [0.3, 0.4) is 0 Å². The summed E-state index contributed by atoms with van der Waals surface area (Å²) in [4.78, 5) is 0. The summed E-state index contributed by atoms with van der Waals surface area (Å²) >= 11 is 0. The van der Waals surface area contributed by atoms with Crippen molar-refractivity contribution in [3.8, 4) is 5.75 Å². The minimum atomic E-state index is 0. The summed E-state index contributed by atoms with van der Waals surface area (Å²) in [5.41, 5.74) is 0.824. The number of benzene rings is 1. The van der Waals surface area contributed by atoms with E-state index in [1.54, 1.807) is 7.11 Å². The molecule has 0 fully saturated rings. The number of aliphatic hydroxyl groups excluding tert-OH is 1. The fourth-order valence-corrected chi connectivity index (χ4v) is 0.834. The highest BCUT2D eigenvalue weighted by atomic mass is 16.5. The largest absolute Gasteiger partial charge is 0.496 e. The lowest BCUT2D eigenvalue weighted by Crippen LogP contribution is -1.89. The molecule has 0 radical (unpaired) electrons. The molecule has 0 amide bonds. The van der Waals surface area contributed by atoms with Gasteiger partial charge in [-0.1, -0.05) is 18.2 Å². The van der Waals surface area contributed by atoms with E-state index in [1.165, 1.54) is 0 Å². The van der Waals surface area contributed by atoms with Crippen molar-refractivity contribution in [2.45, 2.75) is 6.61 Å². The summed E-state index contributed by atoms with van der Waals surface area (Å²) < 4.78 is 4.98. The van der Waals surface area contributed by atoms with E-state index in [-0.39, 0.29) is 12.1 Å². The average Bonchev–Trinajstić information content (AvgIpc) is 2.04. The quantitative estimate of drug-likeness (QED) is 0.672. The van der Waals surface area contributed by atoms with E-state index in [9.17, 15) is 0 Å².